The quantitative estimate of drug-likeness (QED) is 0.163. The Morgan fingerprint density at radius 3 is 2.87 bits per heavy atom. The molecule has 156 valence electrons. The summed E-state index contributed by atoms with van der Waals surface area (Å²) in [5.41, 5.74) is 4.91. The summed E-state index contributed by atoms with van der Waals surface area (Å²) in [4.78, 5) is 30.9. The van der Waals surface area contributed by atoms with Crippen molar-refractivity contribution in [3.63, 3.8) is 0 Å². The smallest absolute Gasteiger partial charge is 0.308 e. The maximum atomic E-state index is 12.1. The molecule has 0 saturated carbocycles. The zero-order chi connectivity index (χ0) is 21.5. The zero-order valence-electron chi connectivity index (χ0n) is 16.3. The third-order valence-electron chi connectivity index (χ3n) is 3.69. The highest BCUT2D eigenvalue weighted by atomic mass is 79.9. The lowest BCUT2D eigenvalue weighted by molar-refractivity contribution is -0.132. The number of halogens is 1. The van der Waals surface area contributed by atoms with Gasteiger partial charge in [0, 0.05) is 6.92 Å². The number of aromatic amines is 1. The molecule has 3 rings (SSSR count). The molecule has 0 bridgehead atoms. The van der Waals surface area contributed by atoms with E-state index in [2.05, 4.69) is 36.4 Å². The van der Waals surface area contributed by atoms with Gasteiger partial charge in [-0.3, -0.25) is 9.59 Å². The van der Waals surface area contributed by atoms with Gasteiger partial charge in [0.15, 0.2) is 16.7 Å². The largest absolute Gasteiger partial charge is 0.490 e. The van der Waals surface area contributed by atoms with Crippen LogP contribution in [0.2, 0.25) is 0 Å². The fourth-order valence-electron chi connectivity index (χ4n) is 2.51. The number of nitrogens with one attached hydrogen (secondary N) is 2. The van der Waals surface area contributed by atoms with Gasteiger partial charge in [0.2, 0.25) is 0 Å². The number of rotatable bonds is 8. The second-order valence-electron chi connectivity index (χ2n) is 6.00. The average molecular weight is 491 g/mol. The van der Waals surface area contributed by atoms with Crippen molar-refractivity contribution in [2.45, 2.75) is 19.0 Å². The predicted molar refractivity (Wildman–Crippen MR) is 119 cm³/mol. The number of ether oxygens (including phenoxy) is 2. The highest BCUT2D eigenvalue weighted by molar-refractivity contribution is 9.10. The van der Waals surface area contributed by atoms with E-state index in [1.807, 2.05) is 31.2 Å². The van der Waals surface area contributed by atoms with Gasteiger partial charge in [-0.05, 0) is 52.7 Å². The molecule has 3 aromatic rings. The summed E-state index contributed by atoms with van der Waals surface area (Å²) in [5.74, 6) is 0.142. The predicted octanol–water partition coefficient (Wildman–Crippen LogP) is 3.89. The van der Waals surface area contributed by atoms with E-state index in [9.17, 15) is 9.59 Å². The van der Waals surface area contributed by atoms with Crippen molar-refractivity contribution in [1.29, 1.82) is 0 Å². The van der Waals surface area contributed by atoms with Crippen molar-refractivity contribution >= 4 is 56.8 Å². The number of fused-ring (bicyclic) bond motifs is 1. The van der Waals surface area contributed by atoms with E-state index >= 15 is 0 Å². The number of thioether (sulfide) groups is 1. The molecule has 30 heavy (non-hydrogen) atoms. The Hall–Kier alpha value is -2.85. The van der Waals surface area contributed by atoms with Crippen LogP contribution in [0.5, 0.6) is 11.5 Å². The zero-order valence-corrected chi connectivity index (χ0v) is 18.7. The molecule has 1 amide bonds. The number of esters is 1. The summed E-state index contributed by atoms with van der Waals surface area (Å²) in [6.07, 6.45) is 1.48. The van der Waals surface area contributed by atoms with E-state index in [0.717, 1.165) is 11.0 Å². The number of para-hydroxylation sites is 2. The van der Waals surface area contributed by atoms with Gasteiger partial charge >= 0.3 is 5.97 Å². The Labute approximate surface area is 185 Å². The third-order valence-corrected chi connectivity index (χ3v) is 5.15. The number of carbonyl (C=O) groups is 2. The van der Waals surface area contributed by atoms with Gasteiger partial charge in [-0.25, -0.2) is 10.4 Å². The lowest BCUT2D eigenvalue weighted by Gasteiger charge is -2.12. The van der Waals surface area contributed by atoms with Crippen molar-refractivity contribution < 1.29 is 19.1 Å². The molecule has 0 fully saturated rings. The molecule has 1 aromatic heterocycles. The van der Waals surface area contributed by atoms with Crippen molar-refractivity contribution in [2.24, 2.45) is 5.10 Å². The molecule has 0 radical (unpaired) electrons. The summed E-state index contributed by atoms with van der Waals surface area (Å²) >= 11 is 4.65. The monoisotopic (exact) mass is 490 g/mol. The van der Waals surface area contributed by atoms with Gasteiger partial charge in [-0.15, -0.1) is 0 Å². The van der Waals surface area contributed by atoms with Gasteiger partial charge in [-0.2, -0.15) is 5.10 Å². The molecular formula is C20H19BrN4O4S. The molecule has 2 N–H and O–H groups in total. The number of amides is 1. The lowest BCUT2D eigenvalue weighted by Crippen LogP contribution is -2.19. The van der Waals surface area contributed by atoms with Crippen molar-refractivity contribution in [3.05, 3.63) is 46.4 Å². The van der Waals surface area contributed by atoms with E-state index in [0.29, 0.717) is 33.3 Å². The number of imidazole rings is 1. The highest BCUT2D eigenvalue weighted by Gasteiger charge is 2.14. The fourth-order valence-corrected chi connectivity index (χ4v) is 3.73. The number of H-pyrrole nitrogens is 1. The maximum Gasteiger partial charge on any atom is 0.308 e. The molecule has 0 aliphatic rings. The van der Waals surface area contributed by atoms with Gasteiger partial charge < -0.3 is 14.5 Å². The molecule has 0 unspecified atom stereocenters. The molecule has 0 aliphatic heterocycles. The van der Waals surface area contributed by atoms with Gasteiger partial charge in [0.25, 0.3) is 5.91 Å². The number of hydrazone groups is 1. The molecule has 8 nitrogen and oxygen atoms in total. The first-order chi connectivity index (χ1) is 14.5. The summed E-state index contributed by atoms with van der Waals surface area (Å²) in [5, 5.41) is 4.65. The van der Waals surface area contributed by atoms with Crippen LogP contribution in [0.15, 0.2) is 51.1 Å². The molecule has 0 spiro atoms. The van der Waals surface area contributed by atoms with Crippen LogP contribution < -0.4 is 14.9 Å². The second kappa shape index (κ2) is 10.3. The maximum absolute atomic E-state index is 12.1. The van der Waals surface area contributed by atoms with Gasteiger partial charge in [-0.1, -0.05) is 23.9 Å². The SMILES string of the molecule is CCOc1cc(/C=N\NC(=O)CSc2nc3ccccc3[nH]2)cc(Br)c1OC(C)=O. The first kappa shape index (κ1) is 21.8. The Morgan fingerprint density at radius 2 is 2.13 bits per heavy atom. The topological polar surface area (TPSA) is 106 Å². The Morgan fingerprint density at radius 1 is 1.33 bits per heavy atom. The molecule has 1 heterocycles. The Bertz CT molecular complexity index is 1070. The van der Waals surface area contributed by atoms with Crippen LogP contribution in [0.25, 0.3) is 11.0 Å². The molecule has 0 atom stereocenters. The van der Waals surface area contributed by atoms with Crippen LogP contribution >= 0.6 is 27.7 Å². The first-order valence-corrected chi connectivity index (χ1v) is 10.8. The molecule has 10 heteroatoms. The Balaban J connectivity index is 1.59. The molecule has 2 aromatic carbocycles. The first-order valence-electron chi connectivity index (χ1n) is 9.00. The minimum absolute atomic E-state index is 0.163. The highest BCUT2D eigenvalue weighted by Crippen LogP contribution is 2.36. The van der Waals surface area contributed by atoms with Crippen molar-refractivity contribution in [3.8, 4) is 11.5 Å². The summed E-state index contributed by atoms with van der Waals surface area (Å²) < 4.78 is 11.3. The van der Waals surface area contributed by atoms with E-state index in [1.54, 1.807) is 12.1 Å². The van der Waals surface area contributed by atoms with Gasteiger partial charge in [0.1, 0.15) is 0 Å². The summed E-state index contributed by atoms with van der Waals surface area (Å²) in [6.45, 7) is 3.54. The van der Waals surface area contributed by atoms with E-state index in [4.69, 9.17) is 9.47 Å². The molecule has 0 aliphatic carbocycles. The Kier molecular flexibility index (Phi) is 7.47. The number of carbonyl (C=O) groups excluding carboxylic acids is 2. The fraction of sp³-hybridized carbons (Fsp3) is 0.200. The number of aromatic nitrogens is 2. The van der Waals surface area contributed by atoms with Gasteiger partial charge in [0.05, 0.1) is 34.1 Å². The van der Waals surface area contributed by atoms with E-state index in [1.165, 1.54) is 24.9 Å². The minimum atomic E-state index is -0.452. The summed E-state index contributed by atoms with van der Waals surface area (Å²) in [6, 6.07) is 11.0. The number of benzene rings is 2. The van der Waals surface area contributed by atoms with Crippen LogP contribution in [0.1, 0.15) is 19.4 Å². The van der Waals surface area contributed by atoms with E-state index < -0.39 is 5.97 Å². The van der Waals surface area contributed by atoms with Crippen molar-refractivity contribution in [2.75, 3.05) is 12.4 Å². The number of hydrogen-bond acceptors (Lipinski definition) is 7. The van der Waals surface area contributed by atoms with Crippen molar-refractivity contribution in [1.82, 2.24) is 15.4 Å². The van der Waals surface area contributed by atoms with Crippen LogP contribution in [-0.2, 0) is 9.59 Å². The van der Waals surface area contributed by atoms with Crippen LogP contribution in [-0.4, -0.2) is 40.4 Å². The average Bonchev–Trinajstić information content (AvgIpc) is 3.12. The standard InChI is InChI=1S/C20H19BrN4O4S/c1-3-28-17-9-13(8-14(21)19(17)29-12(2)26)10-22-25-18(27)11-30-20-23-15-6-4-5-7-16(15)24-20/h4-10H,3,11H2,1-2H3,(H,23,24)(H,25,27)/b22-10-. The number of nitrogens with zero attached hydrogens (tertiary/aromatic N) is 2. The lowest BCUT2D eigenvalue weighted by atomic mass is 10.2. The third kappa shape index (κ3) is 5.83. The van der Waals surface area contributed by atoms with Crippen LogP contribution in [0.4, 0.5) is 0 Å². The van der Waals surface area contributed by atoms with E-state index in [-0.39, 0.29) is 11.7 Å². The number of hydrogen-bond donors (Lipinski definition) is 2. The normalized spacial score (nSPS) is 11.0. The van der Waals surface area contributed by atoms with Crippen LogP contribution in [0, 0.1) is 0 Å². The molecule has 0 saturated heterocycles. The second-order valence-corrected chi connectivity index (χ2v) is 7.82. The molecular weight excluding hydrogens is 472 g/mol. The summed E-state index contributed by atoms with van der Waals surface area (Å²) in [7, 11) is 0. The van der Waals surface area contributed by atoms with Crippen LogP contribution in [0.3, 0.4) is 0 Å². The minimum Gasteiger partial charge on any atom is -0.490 e.